The van der Waals surface area contributed by atoms with Crippen LogP contribution in [-0.4, -0.2) is 66.9 Å². The van der Waals surface area contributed by atoms with Crippen molar-refractivity contribution in [1.82, 2.24) is 15.1 Å². The molecule has 1 aliphatic carbocycles. The van der Waals surface area contributed by atoms with E-state index in [0.29, 0.717) is 23.7 Å². The van der Waals surface area contributed by atoms with Crippen molar-refractivity contribution in [2.45, 2.75) is 76.7 Å². The van der Waals surface area contributed by atoms with Gasteiger partial charge in [0.25, 0.3) is 0 Å². The number of carbonyl (C=O) groups is 1. The van der Waals surface area contributed by atoms with Crippen LogP contribution in [0.1, 0.15) is 55.2 Å². The average molecular weight is 657 g/mol. The largest absolute Gasteiger partial charge is 0.457 e. The number of aliphatic hydroxyl groups excluding tert-OH is 1. The number of ether oxygens (including phenoxy) is 1. The highest BCUT2D eigenvalue weighted by Gasteiger charge is 2.30. The molecular weight excluding hydrogens is 612 g/mol. The van der Waals surface area contributed by atoms with E-state index in [4.69, 9.17) is 4.74 Å². The second-order valence-corrected chi connectivity index (χ2v) is 13.9. The first kappa shape index (κ1) is 34.6. The quantitative estimate of drug-likeness (QED) is 0.245. The maximum atomic E-state index is 13.6. The molecule has 244 valence electrons. The first-order valence-electron chi connectivity index (χ1n) is 15.5. The molecule has 1 saturated carbocycles. The molecule has 11 heteroatoms. The lowest BCUT2D eigenvalue weighted by molar-refractivity contribution is 0.0995. The minimum Gasteiger partial charge on any atom is -0.457 e. The van der Waals surface area contributed by atoms with Crippen LogP contribution in [0.25, 0.3) is 0 Å². The molecular formula is C34H45ClN4O5S. The molecule has 2 aliphatic rings. The molecule has 0 spiro atoms. The topological polar surface area (TPSA) is 111 Å². The van der Waals surface area contributed by atoms with Crippen LogP contribution >= 0.6 is 12.4 Å². The molecule has 3 N–H and O–H groups in total. The maximum absolute atomic E-state index is 13.6. The monoisotopic (exact) mass is 656 g/mol. The van der Waals surface area contributed by atoms with E-state index in [1.165, 1.54) is 16.7 Å². The van der Waals surface area contributed by atoms with Gasteiger partial charge in [0.1, 0.15) is 11.5 Å². The van der Waals surface area contributed by atoms with Gasteiger partial charge in [-0.1, -0.05) is 36.4 Å². The number of urea groups is 1. The first-order chi connectivity index (χ1) is 21.1. The SMILES string of the molecule is Cc1ccccc1CN(C(=O)NC1CCC(O)CC1)C1CCN(Cc2ccc(Oc3ccc(NS(C)(=O)=O)cc3)cc2)CC1.Cl. The van der Waals surface area contributed by atoms with Gasteiger partial charge in [0.05, 0.1) is 12.4 Å². The van der Waals surface area contributed by atoms with Crippen LogP contribution in [0.3, 0.4) is 0 Å². The van der Waals surface area contributed by atoms with Gasteiger partial charge >= 0.3 is 6.03 Å². The Balaban J connectivity index is 0.00000461. The van der Waals surface area contributed by atoms with Crippen molar-refractivity contribution >= 4 is 34.1 Å². The van der Waals surface area contributed by atoms with Crippen LogP contribution in [0.2, 0.25) is 0 Å². The molecule has 45 heavy (non-hydrogen) atoms. The zero-order chi connectivity index (χ0) is 31.1. The minimum atomic E-state index is -3.32. The summed E-state index contributed by atoms with van der Waals surface area (Å²) in [6.07, 6.45) is 5.82. The third kappa shape index (κ3) is 10.4. The number of aryl methyl sites for hydroxylation is 1. The molecule has 2 fully saturated rings. The highest BCUT2D eigenvalue weighted by atomic mass is 35.5. The molecule has 1 heterocycles. The fourth-order valence-corrected chi connectivity index (χ4v) is 6.63. The molecule has 0 radical (unpaired) electrons. The standard InChI is InChI=1S/C34H44N4O5S.ClH/c1-25-5-3-4-6-27(25)24-38(34(40)35-28-9-13-31(39)14-10-28)30-19-21-37(22-20-30)23-26-7-15-32(16-8-26)43-33-17-11-29(12-18-33)36-44(2,41)42;/h3-8,11-12,15-18,28,30-31,36,39H,9-10,13-14,19-24H2,1-2H3,(H,35,40);1H. The average Bonchev–Trinajstić information content (AvgIpc) is 3.00. The number of rotatable bonds is 10. The Labute approximate surface area is 273 Å². The van der Waals surface area contributed by atoms with E-state index in [1.807, 2.05) is 29.2 Å². The normalized spacial score (nSPS) is 19.3. The Morgan fingerprint density at radius 2 is 1.51 bits per heavy atom. The molecule has 1 saturated heterocycles. The summed E-state index contributed by atoms with van der Waals surface area (Å²) >= 11 is 0. The summed E-state index contributed by atoms with van der Waals surface area (Å²) in [4.78, 5) is 18.1. The number of hydrogen-bond acceptors (Lipinski definition) is 6. The van der Waals surface area contributed by atoms with Crippen molar-refractivity contribution in [3.63, 3.8) is 0 Å². The van der Waals surface area contributed by atoms with E-state index in [2.05, 4.69) is 46.1 Å². The van der Waals surface area contributed by atoms with Crippen LogP contribution in [0.5, 0.6) is 11.5 Å². The number of nitrogens with one attached hydrogen (secondary N) is 2. The third-order valence-corrected chi connectivity index (χ3v) is 9.21. The number of hydrogen-bond donors (Lipinski definition) is 3. The van der Waals surface area contributed by atoms with Crippen molar-refractivity contribution in [2.75, 3.05) is 24.1 Å². The Bertz CT molecular complexity index is 1490. The summed E-state index contributed by atoms with van der Waals surface area (Å²) in [6, 6.07) is 23.4. The smallest absolute Gasteiger partial charge is 0.318 e. The number of likely N-dealkylation sites (tertiary alicyclic amines) is 1. The van der Waals surface area contributed by atoms with Crippen molar-refractivity contribution in [3.05, 3.63) is 89.5 Å². The number of piperidine rings is 1. The Hall–Kier alpha value is -3.31. The zero-order valence-electron chi connectivity index (χ0n) is 26.0. The highest BCUT2D eigenvalue weighted by molar-refractivity contribution is 7.92. The molecule has 3 aromatic carbocycles. The van der Waals surface area contributed by atoms with Gasteiger partial charge in [0.2, 0.25) is 10.0 Å². The van der Waals surface area contributed by atoms with Crippen molar-refractivity contribution in [3.8, 4) is 11.5 Å². The number of anilines is 1. The summed E-state index contributed by atoms with van der Waals surface area (Å²) in [5.41, 5.74) is 4.05. The summed E-state index contributed by atoms with van der Waals surface area (Å²) < 4.78 is 31.2. The molecule has 5 rings (SSSR count). The molecule has 3 aromatic rings. The van der Waals surface area contributed by atoms with Crippen LogP contribution in [0.15, 0.2) is 72.8 Å². The minimum absolute atomic E-state index is 0. The third-order valence-electron chi connectivity index (χ3n) is 8.61. The number of halogens is 1. The molecule has 0 unspecified atom stereocenters. The van der Waals surface area contributed by atoms with E-state index in [0.717, 1.165) is 64.4 Å². The Kier molecular flexibility index (Phi) is 12.1. The lowest BCUT2D eigenvalue weighted by Gasteiger charge is -2.40. The summed E-state index contributed by atoms with van der Waals surface area (Å²) in [5.74, 6) is 1.33. The number of aliphatic hydroxyl groups is 1. The lowest BCUT2D eigenvalue weighted by Crippen LogP contribution is -2.52. The Morgan fingerprint density at radius 1 is 0.911 bits per heavy atom. The van der Waals surface area contributed by atoms with E-state index < -0.39 is 10.0 Å². The van der Waals surface area contributed by atoms with Gasteiger partial charge in [-0.15, -0.1) is 12.4 Å². The lowest BCUT2D eigenvalue weighted by atomic mass is 9.93. The van der Waals surface area contributed by atoms with Gasteiger partial charge in [-0.3, -0.25) is 9.62 Å². The number of benzene rings is 3. The van der Waals surface area contributed by atoms with E-state index in [-0.39, 0.29) is 36.6 Å². The molecule has 9 nitrogen and oxygen atoms in total. The van der Waals surface area contributed by atoms with Gasteiger partial charge in [0, 0.05) is 44.0 Å². The van der Waals surface area contributed by atoms with E-state index >= 15 is 0 Å². The van der Waals surface area contributed by atoms with E-state index in [1.54, 1.807) is 24.3 Å². The van der Waals surface area contributed by atoms with Crippen LogP contribution in [-0.2, 0) is 23.1 Å². The predicted octanol–water partition coefficient (Wildman–Crippen LogP) is 6.06. The summed E-state index contributed by atoms with van der Waals surface area (Å²) in [7, 11) is -3.32. The van der Waals surface area contributed by atoms with Crippen molar-refractivity contribution in [1.29, 1.82) is 0 Å². The van der Waals surface area contributed by atoms with Crippen LogP contribution in [0.4, 0.5) is 10.5 Å². The van der Waals surface area contributed by atoms with Gasteiger partial charge in [-0.2, -0.15) is 0 Å². The van der Waals surface area contributed by atoms with Crippen molar-refractivity contribution < 1.29 is 23.1 Å². The second kappa shape index (κ2) is 15.8. The number of carbonyl (C=O) groups excluding carboxylic acids is 1. The molecule has 2 amide bonds. The fraction of sp³-hybridized carbons (Fsp3) is 0.441. The summed E-state index contributed by atoms with van der Waals surface area (Å²) in [5, 5.41) is 13.2. The zero-order valence-corrected chi connectivity index (χ0v) is 27.7. The van der Waals surface area contributed by atoms with Gasteiger partial charge in [0.15, 0.2) is 0 Å². The highest BCUT2D eigenvalue weighted by Crippen LogP contribution is 2.26. The predicted molar refractivity (Wildman–Crippen MR) is 180 cm³/mol. The van der Waals surface area contributed by atoms with E-state index in [9.17, 15) is 18.3 Å². The number of amides is 2. The van der Waals surface area contributed by atoms with Crippen molar-refractivity contribution in [2.24, 2.45) is 0 Å². The van der Waals surface area contributed by atoms with Crippen LogP contribution < -0.4 is 14.8 Å². The fourth-order valence-electron chi connectivity index (χ4n) is 6.07. The van der Waals surface area contributed by atoms with Gasteiger partial charge in [-0.25, -0.2) is 13.2 Å². The summed E-state index contributed by atoms with van der Waals surface area (Å²) in [6.45, 7) is 5.33. The second-order valence-electron chi connectivity index (χ2n) is 12.2. The van der Waals surface area contributed by atoms with Crippen LogP contribution in [0, 0.1) is 6.92 Å². The Morgan fingerprint density at radius 3 is 2.11 bits per heavy atom. The van der Waals surface area contributed by atoms with Gasteiger partial charge in [-0.05, 0) is 98.5 Å². The number of nitrogens with zero attached hydrogens (tertiary/aromatic N) is 2. The molecule has 1 aliphatic heterocycles. The number of sulfonamides is 1. The van der Waals surface area contributed by atoms with Gasteiger partial charge < -0.3 is 20.1 Å². The molecule has 0 bridgehead atoms. The maximum Gasteiger partial charge on any atom is 0.318 e. The molecule has 0 aromatic heterocycles. The molecule has 0 atom stereocenters. The first-order valence-corrected chi connectivity index (χ1v) is 17.4.